The van der Waals surface area contributed by atoms with Gasteiger partial charge in [0.25, 0.3) is 0 Å². The number of ether oxygens (including phenoxy) is 2. The largest absolute Gasteiger partial charge is 0.480 e. The van der Waals surface area contributed by atoms with Crippen molar-refractivity contribution in [2.75, 3.05) is 19.6 Å². The zero-order valence-electron chi connectivity index (χ0n) is 30.5. The lowest BCUT2D eigenvalue weighted by Gasteiger charge is -2.22. The van der Waals surface area contributed by atoms with Gasteiger partial charge in [-0.25, -0.2) is 9.97 Å². The maximum atomic E-state index is 13.5. The predicted octanol–water partition coefficient (Wildman–Crippen LogP) is 8.41. The van der Waals surface area contributed by atoms with Crippen LogP contribution >= 0.6 is 0 Å². The summed E-state index contributed by atoms with van der Waals surface area (Å²) < 4.78 is 75.9. The molecule has 6 aromatic rings. The van der Waals surface area contributed by atoms with Crippen molar-refractivity contribution in [3.8, 4) is 45.5 Å². The van der Waals surface area contributed by atoms with Crippen LogP contribution in [0.25, 0.3) is 56.2 Å². The number of carboxylic acids is 1. The van der Waals surface area contributed by atoms with Gasteiger partial charge in [0.05, 0.1) is 6.10 Å². The van der Waals surface area contributed by atoms with E-state index in [-0.39, 0.29) is 35.1 Å². The van der Waals surface area contributed by atoms with Crippen LogP contribution in [0, 0.1) is 13.8 Å². The summed E-state index contributed by atoms with van der Waals surface area (Å²) >= 11 is 0. The van der Waals surface area contributed by atoms with Gasteiger partial charge in [-0.05, 0) is 86.2 Å². The van der Waals surface area contributed by atoms with Crippen molar-refractivity contribution in [2.45, 2.75) is 71.6 Å². The number of aliphatic hydroxyl groups excluding tert-OH is 1. The SMILES string of the molecule is Cc1c(-c2nc3cc(CN4CCC(O)C4)c(OC(F)F)cc3o2)cccc1-c1cccc(-c2nc3cc(CN4CCC[C@H]4C(=O)O)c(OC(F)F)cc3o2)c1C. The van der Waals surface area contributed by atoms with E-state index in [1.54, 1.807) is 17.0 Å². The number of aromatic nitrogens is 2. The molecule has 2 aliphatic heterocycles. The highest BCUT2D eigenvalue weighted by atomic mass is 19.3. The third-order valence-corrected chi connectivity index (χ3v) is 10.7. The van der Waals surface area contributed by atoms with E-state index in [0.29, 0.717) is 84.6 Å². The fraction of sp³-hybridized carbons (Fsp3) is 0.341. The number of carboxylic acid groups (broad SMARTS) is 1. The molecule has 11 nitrogen and oxygen atoms in total. The molecule has 56 heavy (non-hydrogen) atoms. The lowest BCUT2D eigenvalue weighted by Crippen LogP contribution is -2.35. The first-order chi connectivity index (χ1) is 26.9. The van der Waals surface area contributed by atoms with E-state index >= 15 is 0 Å². The summed E-state index contributed by atoms with van der Waals surface area (Å²) in [5.41, 5.74) is 7.03. The number of halogens is 4. The number of aliphatic carboxylic acids is 1. The van der Waals surface area contributed by atoms with Crippen molar-refractivity contribution < 1.29 is 50.9 Å². The molecule has 8 rings (SSSR count). The first-order valence-corrected chi connectivity index (χ1v) is 18.3. The summed E-state index contributed by atoms with van der Waals surface area (Å²) in [5, 5.41) is 19.6. The molecule has 2 fully saturated rings. The molecule has 2 saturated heterocycles. The summed E-state index contributed by atoms with van der Waals surface area (Å²) in [4.78, 5) is 25.0. The molecule has 4 aromatic carbocycles. The highest BCUT2D eigenvalue weighted by Crippen LogP contribution is 2.40. The second-order valence-electron chi connectivity index (χ2n) is 14.3. The number of β-amino-alcohol motifs (C(OH)–C–C–N with tert-alkyl or cyclic N) is 1. The van der Waals surface area contributed by atoms with Crippen molar-refractivity contribution in [3.05, 3.63) is 82.9 Å². The van der Waals surface area contributed by atoms with Gasteiger partial charge >= 0.3 is 19.2 Å². The molecule has 0 aliphatic carbocycles. The first-order valence-electron chi connectivity index (χ1n) is 18.3. The predicted molar refractivity (Wildman–Crippen MR) is 198 cm³/mol. The normalized spacial score (nSPS) is 17.9. The minimum atomic E-state index is -3.10. The Bertz CT molecular complexity index is 2430. The van der Waals surface area contributed by atoms with Crippen LogP contribution in [0.15, 0.2) is 69.5 Å². The molecule has 0 saturated carbocycles. The number of nitrogens with zero attached hydrogens (tertiary/aromatic N) is 4. The molecule has 2 aliphatic rings. The van der Waals surface area contributed by atoms with Gasteiger partial charge in [-0.15, -0.1) is 0 Å². The van der Waals surface area contributed by atoms with Gasteiger partial charge in [0.1, 0.15) is 28.6 Å². The third-order valence-electron chi connectivity index (χ3n) is 10.7. The van der Waals surface area contributed by atoms with Crippen LogP contribution in [0.1, 0.15) is 41.5 Å². The topological polar surface area (TPSA) is 135 Å². The number of benzene rings is 4. The number of rotatable bonds is 12. The standard InChI is InChI=1S/C41H38F4N4O7/c1-21-26(6-3-8-28(21)37-46-30-14-23(18-48-13-11-25(50)20-48)33(55-40(42)43)16-35(30)53-37)27-7-4-9-29(22(27)2)38-47-31-15-24(19-49-12-5-10-32(49)39(51)52)34(56-41(44)45)17-36(31)54-38/h3-4,6-9,14-17,25,32,40-41,50H,5,10-13,18-20H2,1-2H3,(H,51,52)/t25?,32-/m0/s1. The second kappa shape index (κ2) is 15.2. The number of alkyl halides is 4. The van der Waals surface area contributed by atoms with E-state index in [9.17, 15) is 32.6 Å². The molecule has 0 bridgehead atoms. The Hall–Kier alpha value is -5.51. The lowest BCUT2D eigenvalue weighted by atomic mass is 9.91. The third kappa shape index (κ3) is 7.41. The molecule has 15 heteroatoms. The molecule has 0 radical (unpaired) electrons. The number of likely N-dealkylation sites (tertiary alicyclic amines) is 2. The van der Waals surface area contributed by atoms with Crippen LogP contribution in [0.4, 0.5) is 17.6 Å². The summed E-state index contributed by atoms with van der Waals surface area (Å²) in [6.07, 6.45) is 1.28. The van der Waals surface area contributed by atoms with Crippen LogP contribution in [0.5, 0.6) is 11.5 Å². The smallest absolute Gasteiger partial charge is 0.387 e. The molecule has 292 valence electrons. The molecule has 0 spiro atoms. The Labute approximate surface area is 318 Å². The van der Waals surface area contributed by atoms with Crippen LogP contribution in [0.2, 0.25) is 0 Å². The Balaban J connectivity index is 1.12. The van der Waals surface area contributed by atoms with Gasteiger partial charge in [0.15, 0.2) is 11.2 Å². The van der Waals surface area contributed by atoms with Crippen molar-refractivity contribution in [2.24, 2.45) is 0 Å². The highest BCUT2D eigenvalue weighted by molar-refractivity contribution is 5.85. The zero-order chi connectivity index (χ0) is 39.2. The van der Waals surface area contributed by atoms with E-state index in [4.69, 9.17) is 28.3 Å². The molecule has 2 aromatic heterocycles. The number of hydrogen-bond donors (Lipinski definition) is 2. The van der Waals surface area contributed by atoms with Gasteiger partial charge in [-0.2, -0.15) is 17.6 Å². The molecule has 4 heterocycles. The summed E-state index contributed by atoms with van der Waals surface area (Å²) in [6, 6.07) is 16.7. The fourth-order valence-electron chi connectivity index (χ4n) is 7.91. The lowest BCUT2D eigenvalue weighted by molar-refractivity contribution is -0.142. The fourth-order valence-corrected chi connectivity index (χ4v) is 7.91. The van der Waals surface area contributed by atoms with E-state index < -0.39 is 31.3 Å². The van der Waals surface area contributed by atoms with Crippen LogP contribution in [-0.4, -0.2) is 81.0 Å². The Morgan fingerprint density at radius 3 is 1.79 bits per heavy atom. The van der Waals surface area contributed by atoms with Crippen LogP contribution in [-0.2, 0) is 17.9 Å². The van der Waals surface area contributed by atoms with E-state index in [1.807, 2.05) is 55.1 Å². The van der Waals surface area contributed by atoms with Crippen LogP contribution in [0.3, 0.4) is 0 Å². The molecule has 2 atom stereocenters. The first kappa shape index (κ1) is 37.4. The Morgan fingerprint density at radius 2 is 1.30 bits per heavy atom. The van der Waals surface area contributed by atoms with Crippen molar-refractivity contribution in [1.82, 2.24) is 19.8 Å². The van der Waals surface area contributed by atoms with Gasteiger partial charge < -0.3 is 28.5 Å². The maximum absolute atomic E-state index is 13.5. The van der Waals surface area contributed by atoms with E-state index in [0.717, 1.165) is 22.3 Å². The number of aliphatic hydroxyl groups is 1. The summed E-state index contributed by atoms with van der Waals surface area (Å²) in [6.45, 7) is -0.305. The highest BCUT2D eigenvalue weighted by Gasteiger charge is 2.32. The quantitative estimate of drug-likeness (QED) is 0.116. The average molecular weight is 775 g/mol. The average Bonchev–Trinajstić information content (AvgIpc) is 3.95. The van der Waals surface area contributed by atoms with Crippen molar-refractivity contribution in [1.29, 1.82) is 0 Å². The minimum absolute atomic E-state index is 0.0129. The Morgan fingerprint density at radius 1 is 0.786 bits per heavy atom. The second-order valence-corrected chi connectivity index (χ2v) is 14.3. The van der Waals surface area contributed by atoms with Gasteiger partial charge in [0.2, 0.25) is 11.8 Å². The van der Waals surface area contributed by atoms with Gasteiger partial charge in [-0.3, -0.25) is 14.6 Å². The molecule has 2 N–H and O–H groups in total. The number of carbonyl (C=O) groups is 1. The monoisotopic (exact) mass is 774 g/mol. The Kier molecular flexibility index (Phi) is 10.2. The van der Waals surface area contributed by atoms with Crippen LogP contribution < -0.4 is 9.47 Å². The number of fused-ring (bicyclic) bond motifs is 2. The van der Waals surface area contributed by atoms with Crippen molar-refractivity contribution in [3.63, 3.8) is 0 Å². The van der Waals surface area contributed by atoms with Crippen molar-refractivity contribution >= 4 is 28.2 Å². The molecular weight excluding hydrogens is 736 g/mol. The number of oxazole rings is 2. The molecule has 1 unspecified atom stereocenters. The molecular formula is C41H38F4N4O7. The minimum Gasteiger partial charge on any atom is -0.480 e. The van der Waals surface area contributed by atoms with E-state index in [2.05, 4.69) is 0 Å². The summed E-state index contributed by atoms with van der Waals surface area (Å²) in [5.74, 6) is -0.525. The van der Waals surface area contributed by atoms with Gasteiger partial charge in [0, 0.05) is 60.6 Å². The number of hydrogen-bond acceptors (Lipinski definition) is 10. The molecule has 0 amide bonds. The summed E-state index contributed by atoms with van der Waals surface area (Å²) in [7, 11) is 0. The maximum Gasteiger partial charge on any atom is 0.387 e. The van der Waals surface area contributed by atoms with Gasteiger partial charge in [-0.1, -0.05) is 24.3 Å². The zero-order valence-corrected chi connectivity index (χ0v) is 30.5. The van der Waals surface area contributed by atoms with E-state index in [1.165, 1.54) is 12.1 Å².